The lowest BCUT2D eigenvalue weighted by Crippen LogP contribution is -2.38. The number of imidazole rings is 1. The Morgan fingerprint density at radius 3 is 2.78 bits per heavy atom. The number of para-hydroxylation sites is 2. The molecule has 1 aliphatic rings. The molecule has 0 saturated carbocycles. The Morgan fingerprint density at radius 1 is 1.07 bits per heavy atom. The van der Waals surface area contributed by atoms with E-state index in [4.69, 9.17) is 4.98 Å². The van der Waals surface area contributed by atoms with Gasteiger partial charge in [0.15, 0.2) is 0 Å². The molecule has 5 nitrogen and oxygen atoms in total. The number of likely N-dealkylation sites (tertiary alicyclic amines) is 1. The Labute approximate surface area is 160 Å². The second kappa shape index (κ2) is 8.42. The van der Waals surface area contributed by atoms with Crippen LogP contribution in [-0.2, 0) is 11.3 Å². The molecule has 1 saturated heterocycles. The summed E-state index contributed by atoms with van der Waals surface area (Å²) >= 11 is 0. The summed E-state index contributed by atoms with van der Waals surface area (Å²) in [5.74, 6) is 1.22. The summed E-state index contributed by atoms with van der Waals surface area (Å²) in [6.45, 7) is 1.89. The number of carbonyl (C=O) groups excluding carboxylic acids is 1. The topological polar surface area (TPSA) is 53.9 Å². The minimum absolute atomic E-state index is 0.0959. The normalized spacial score (nSPS) is 17.5. The van der Waals surface area contributed by atoms with E-state index in [9.17, 15) is 4.79 Å². The second-order valence-corrected chi connectivity index (χ2v) is 7.47. The molecule has 0 unspecified atom stereocenters. The maximum atomic E-state index is 12.9. The lowest BCUT2D eigenvalue weighted by molar-refractivity contribution is -0.135. The van der Waals surface area contributed by atoms with Crippen LogP contribution < -0.4 is 0 Å². The molecule has 4 rings (SSSR count). The smallest absolute Gasteiger partial charge is 0.223 e. The van der Waals surface area contributed by atoms with Crippen LogP contribution in [0.5, 0.6) is 0 Å². The van der Waals surface area contributed by atoms with Gasteiger partial charge in [-0.1, -0.05) is 18.6 Å². The van der Waals surface area contributed by atoms with E-state index >= 15 is 0 Å². The van der Waals surface area contributed by atoms with Crippen LogP contribution >= 0.6 is 0 Å². The number of nitrogens with one attached hydrogen (secondary N) is 1. The van der Waals surface area contributed by atoms with Crippen molar-refractivity contribution in [2.24, 2.45) is 0 Å². The average Bonchev–Trinajstić information content (AvgIpc) is 3.37. The van der Waals surface area contributed by atoms with Gasteiger partial charge in [-0.2, -0.15) is 0 Å². The highest BCUT2D eigenvalue weighted by Crippen LogP contribution is 2.31. The van der Waals surface area contributed by atoms with Crippen LogP contribution in [-0.4, -0.2) is 31.9 Å². The van der Waals surface area contributed by atoms with Gasteiger partial charge in [-0.15, -0.1) is 0 Å². The van der Waals surface area contributed by atoms with E-state index in [1.807, 2.05) is 24.3 Å². The van der Waals surface area contributed by atoms with Gasteiger partial charge in [0, 0.05) is 31.9 Å². The molecular formula is C22H28N4O. The van der Waals surface area contributed by atoms with Crippen LogP contribution in [0.1, 0.15) is 56.8 Å². The van der Waals surface area contributed by atoms with Crippen molar-refractivity contribution in [1.82, 2.24) is 19.4 Å². The van der Waals surface area contributed by atoms with E-state index in [1.165, 1.54) is 0 Å². The molecule has 3 heterocycles. The average molecular weight is 364 g/mol. The van der Waals surface area contributed by atoms with Crippen LogP contribution in [0.3, 0.4) is 0 Å². The van der Waals surface area contributed by atoms with Crippen molar-refractivity contribution in [3.8, 4) is 0 Å². The van der Waals surface area contributed by atoms with Gasteiger partial charge in [0.1, 0.15) is 5.82 Å². The second-order valence-electron chi connectivity index (χ2n) is 7.47. The number of nitrogens with zero attached hydrogens (tertiary/aromatic N) is 3. The fourth-order valence-electron chi connectivity index (χ4n) is 4.05. The third-order valence-corrected chi connectivity index (χ3v) is 5.52. The van der Waals surface area contributed by atoms with Crippen molar-refractivity contribution in [3.05, 3.63) is 54.6 Å². The number of aromatic amines is 1. The quantitative estimate of drug-likeness (QED) is 0.619. The summed E-state index contributed by atoms with van der Waals surface area (Å²) in [7, 11) is 0. The predicted molar refractivity (Wildman–Crippen MR) is 107 cm³/mol. The van der Waals surface area contributed by atoms with Gasteiger partial charge in [-0.25, -0.2) is 4.98 Å². The number of piperidine rings is 1. The zero-order valence-electron chi connectivity index (χ0n) is 15.8. The van der Waals surface area contributed by atoms with Crippen molar-refractivity contribution < 1.29 is 4.79 Å². The van der Waals surface area contributed by atoms with Gasteiger partial charge >= 0.3 is 0 Å². The summed E-state index contributed by atoms with van der Waals surface area (Å²) in [6.07, 6.45) is 11.2. The number of hydrogen-bond donors (Lipinski definition) is 1. The Balaban J connectivity index is 1.33. The third-order valence-electron chi connectivity index (χ3n) is 5.52. The Kier molecular flexibility index (Phi) is 5.56. The lowest BCUT2D eigenvalue weighted by Gasteiger charge is -2.34. The molecule has 2 aromatic heterocycles. The molecule has 0 spiro atoms. The summed E-state index contributed by atoms with van der Waals surface area (Å²) in [6, 6.07) is 12.3. The fourth-order valence-corrected chi connectivity index (χ4v) is 4.05. The Hall–Kier alpha value is -2.56. The molecule has 0 bridgehead atoms. The summed E-state index contributed by atoms with van der Waals surface area (Å²) in [4.78, 5) is 23.1. The molecule has 1 N–H and O–H groups in total. The number of unbranched alkanes of at least 4 members (excludes halogenated alkanes) is 2. The van der Waals surface area contributed by atoms with Gasteiger partial charge in [-0.3, -0.25) is 4.79 Å². The highest BCUT2D eigenvalue weighted by Gasteiger charge is 2.29. The number of benzene rings is 1. The minimum atomic E-state index is 0.0959. The van der Waals surface area contributed by atoms with Crippen molar-refractivity contribution >= 4 is 16.9 Å². The van der Waals surface area contributed by atoms with Gasteiger partial charge in [0.25, 0.3) is 0 Å². The van der Waals surface area contributed by atoms with Crippen molar-refractivity contribution in [1.29, 1.82) is 0 Å². The number of aromatic nitrogens is 3. The molecule has 142 valence electrons. The summed E-state index contributed by atoms with van der Waals surface area (Å²) in [5.41, 5.74) is 2.03. The van der Waals surface area contributed by atoms with Gasteiger partial charge < -0.3 is 14.5 Å². The highest BCUT2D eigenvalue weighted by molar-refractivity contribution is 5.77. The standard InChI is InChI=1S/C22H28N4O/c27-21(13-2-1-6-14-25-15-8-9-16-25)26-17-7-5-12-20(26)22-23-18-10-3-4-11-19(18)24-22/h3-4,8-11,15-16,20H,1-2,5-7,12-14,17H2,(H,23,24)/t20-/m1/s1. The van der Waals surface area contributed by atoms with Crippen molar-refractivity contribution in [3.63, 3.8) is 0 Å². The van der Waals surface area contributed by atoms with Crippen molar-refractivity contribution in [2.45, 2.75) is 57.5 Å². The number of carbonyl (C=O) groups is 1. The van der Waals surface area contributed by atoms with Crippen molar-refractivity contribution in [2.75, 3.05) is 6.54 Å². The number of aryl methyl sites for hydroxylation is 1. The fraction of sp³-hybridized carbons (Fsp3) is 0.455. The molecule has 1 aromatic carbocycles. The zero-order valence-corrected chi connectivity index (χ0v) is 15.8. The van der Waals surface area contributed by atoms with Gasteiger partial charge in [0.2, 0.25) is 5.91 Å². The number of hydrogen-bond acceptors (Lipinski definition) is 2. The zero-order chi connectivity index (χ0) is 18.5. The Bertz CT molecular complexity index is 834. The van der Waals surface area contributed by atoms with E-state index in [-0.39, 0.29) is 11.9 Å². The largest absolute Gasteiger partial charge is 0.354 e. The molecular weight excluding hydrogens is 336 g/mol. The van der Waals surface area contributed by atoms with E-state index in [2.05, 4.69) is 39.0 Å². The first-order valence-electron chi connectivity index (χ1n) is 10.2. The molecule has 0 radical (unpaired) electrons. The SMILES string of the molecule is O=C(CCCCCn1cccc1)N1CCCC[C@@H]1c1nc2ccccc2[nH]1. The number of amides is 1. The molecule has 0 aliphatic carbocycles. The van der Waals surface area contributed by atoms with E-state index in [0.717, 1.165) is 68.5 Å². The van der Waals surface area contributed by atoms with E-state index in [0.29, 0.717) is 6.42 Å². The first-order valence-corrected chi connectivity index (χ1v) is 10.2. The predicted octanol–water partition coefficient (Wildman–Crippen LogP) is 4.68. The van der Waals surface area contributed by atoms with Crippen LogP contribution in [0.25, 0.3) is 11.0 Å². The maximum Gasteiger partial charge on any atom is 0.223 e. The molecule has 1 atom stereocenters. The molecule has 1 fully saturated rings. The van der Waals surface area contributed by atoms with Crippen LogP contribution in [0, 0.1) is 0 Å². The third kappa shape index (κ3) is 4.24. The molecule has 1 amide bonds. The minimum Gasteiger partial charge on any atom is -0.354 e. The van der Waals surface area contributed by atoms with E-state index in [1.54, 1.807) is 0 Å². The molecule has 3 aromatic rings. The van der Waals surface area contributed by atoms with E-state index < -0.39 is 0 Å². The maximum absolute atomic E-state index is 12.9. The first-order chi connectivity index (χ1) is 13.3. The number of H-pyrrole nitrogens is 1. The number of fused-ring (bicyclic) bond motifs is 1. The first kappa shape index (κ1) is 17.8. The number of rotatable bonds is 7. The Morgan fingerprint density at radius 2 is 1.93 bits per heavy atom. The summed E-state index contributed by atoms with van der Waals surface area (Å²) < 4.78 is 2.20. The van der Waals surface area contributed by atoms with Gasteiger partial charge in [-0.05, 0) is 56.4 Å². The lowest BCUT2D eigenvalue weighted by atomic mass is 10.0. The molecule has 5 heteroatoms. The highest BCUT2D eigenvalue weighted by atomic mass is 16.2. The molecule has 27 heavy (non-hydrogen) atoms. The molecule has 1 aliphatic heterocycles. The van der Waals surface area contributed by atoms with Gasteiger partial charge in [0.05, 0.1) is 17.1 Å². The summed E-state index contributed by atoms with van der Waals surface area (Å²) in [5, 5.41) is 0. The van der Waals surface area contributed by atoms with Crippen LogP contribution in [0.2, 0.25) is 0 Å². The van der Waals surface area contributed by atoms with Crippen LogP contribution in [0.4, 0.5) is 0 Å². The van der Waals surface area contributed by atoms with Crippen LogP contribution in [0.15, 0.2) is 48.8 Å². The monoisotopic (exact) mass is 364 g/mol.